The zero-order valence-electron chi connectivity index (χ0n) is 14.8. The standard InChI is InChI=1S/C20H22N2O2S/c1-15-9-10-17(13-16(15)2)25-14-20(23)22(12-6-11-21)18-7-4-5-8-19(18)24-3/h4-5,7-10,13H,6,12,14H2,1-3H3. The van der Waals surface area contributed by atoms with Gasteiger partial charge in [-0.15, -0.1) is 11.8 Å². The maximum absolute atomic E-state index is 12.8. The minimum atomic E-state index is -0.0389. The highest BCUT2D eigenvalue weighted by Crippen LogP contribution is 2.29. The first-order valence-electron chi connectivity index (χ1n) is 8.07. The summed E-state index contributed by atoms with van der Waals surface area (Å²) in [6.07, 6.45) is 0.276. The SMILES string of the molecule is COc1ccccc1N(CCC#N)C(=O)CSc1ccc(C)c(C)c1. The molecule has 0 atom stereocenters. The average molecular weight is 354 g/mol. The van der Waals surface area contributed by atoms with E-state index in [9.17, 15) is 4.79 Å². The van der Waals surface area contributed by atoms with Crippen molar-refractivity contribution in [2.75, 3.05) is 24.3 Å². The van der Waals surface area contributed by atoms with E-state index in [4.69, 9.17) is 10.00 Å². The number of rotatable bonds is 7. The van der Waals surface area contributed by atoms with Crippen LogP contribution in [0.25, 0.3) is 0 Å². The lowest BCUT2D eigenvalue weighted by molar-refractivity contribution is -0.116. The van der Waals surface area contributed by atoms with Crippen molar-refractivity contribution in [3.63, 3.8) is 0 Å². The first-order chi connectivity index (χ1) is 12.1. The summed E-state index contributed by atoms with van der Waals surface area (Å²) in [7, 11) is 1.58. The Bertz CT molecular complexity index is 784. The number of hydrogen-bond donors (Lipinski definition) is 0. The van der Waals surface area contributed by atoms with Crippen molar-refractivity contribution in [1.29, 1.82) is 5.26 Å². The largest absolute Gasteiger partial charge is 0.495 e. The van der Waals surface area contributed by atoms with Crippen LogP contribution in [0.1, 0.15) is 17.5 Å². The van der Waals surface area contributed by atoms with E-state index in [1.807, 2.05) is 30.3 Å². The molecule has 0 radical (unpaired) electrons. The molecule has 0 saturated carbocycles. The lowest BCUT2D eigenvalue weighted by atomic mass is 10.1. The normalized spacial score (nSPS) is 10.2. The smallest absolute Gasteiger partial charge is 0.237 e. The summed E-state index contributed by atoms with van der Waals surface area (Å²) in [6, 6.07) is 15.7. The molecule has 2 aromatic rings. The van der Waals surface area contributed by atoms with Gasteiger partial charge in [0.15, 0.2) is 0 Å². The highest BCUT2D eigenvalue weighted by Gasteiger charge is 2.19. The second kappa shape index (κ2) is 9.14. The van der Waals surface area contributed by atoms with Crippen molar-refractivity contribution in [3.8, 4) is 11.8 Å². The van der Waals surface area contributed by atoms with Gasteiger partial charge in [-0.25, -0.2) is 0 Å². The Hall–Kier alpha value is -2.45. The molecule has 4 nitrogen and oxygen atoms in total. The van der Waals surface area contributed by atoms with Crippen molar-refractivity contribution in [3.05, 3.63) is 53.6 Å². The predicted octanol–water partition coefficient (Wildman–Crippen LogP) is 4.35. The van der Waals surface area contributed by atoms with Crippen molar-refractivity contribution in [2.24, 2.45) is 0 Å². The van der Waals surface area contributed by atoms with Gasteiger partial charge in [0.05, 0.1) is 31.0 Å². The summed E-state index contributed by atoms with van der Waals surface area (Å²) in [4.78, 5) is 15.5. The van der Waals surface area contributed by atoms with Gasteiger partial charge in [0.1, 0.15) is 5.75 Å². The highest BCUT2D eigenvalue weighted by molar-refractivity contribution is 8.00. The summed E-state index contributed by atoms with van der Waals surface area (Å²) in [5.74, 6) is 0.902. The second-order valence-corrected chi connectivity index (χ2v) is 6.71. The summed E-state index contributed by atoms with van der Waals surface area (Å²) in [5.41, 5.74) is 3.15. The molecule has 0 bridgehead atoms. The van der Waals surface area contributed by atoms with Crippen LogP contribution in [0.15, 0.2) is 47.4 Å². The van der Waals surface area contributed by atoms with E-state index in [0.29, 0.717) is 23.7 Å². The third kappa shape index (κ3) is 5.01. The summed E-state index contributed by atoms with van der Waals surface area (Å²) >= 11 is 1.51. The fraction of sp³-hybridized carbons (Fsp3) is 0.300. The van der Waals surface area contributed by atoms with E-state index in [1.165, 1.54) is 22.9 Å². The molecule has 1 amide bonds. The third-order valence-corrected chi connectivity index (χ3v) is 4.94. The van der Waals surface area contributed by atoms with Gasteiger partial charge >= 0.3 is 0 Å². The molecule has 0 aliphatic heterocycles. The van der Waals surface area contributed by atoms with Gasteiger partial charge in [0.2, 0.25) is 5.91 Å². The topological polar surface area (TPSA) is 53.3 Å². The molecule has 2 rings (SSSR count). The van der Waals surface area contributed by atoms with Crippen molar-refractivity contribution < 1.29 is 9.53 Å². The second-order valence-electron chi connectivity index (χ2n) is 5.66. The first-order valence-corrected chi connectivity index (χ1v) is 9.05. The van der Waals surface area contributed by atoms with Gasteiger partial charge in [-0.05, 0) is 49.2 Å². The Morgan fingerprint density at radius 3 is 2.64 bits per heavy atom. The molecule has 0 fully saturated rings. The van der Waals surface area contributed by atoms with Crippen molar-refractivity contribution >= 4 is 23.4 Å². The molecule has 2 aromatic carbocycles. The van der Waals surface area contributed by atoms with Crippen LogP contribution < -0.4 is 9.64 Å². The number of carbonyl (C=O) groups excluding carboxylic acids is 1. The number of hydrogen-bond acceptors (Lipinski definition) is 4. The number of para-hydroxylation sites is 2. The zero-order valence-corrected chi connectivity index (χ0v) is 15.6. The lowest BCUT2D eigenvalue weighted by Crippen LogP contribution is -2.33. The Labute approximate surface area is 153 Å². The lowest BCUT2D eigenvalue weighted by Gasteiger charge is -2.23. The van der Waals surface area contributed by atoms with Gasteiger partial charge in [-0.3, -0.25) is 4.79 Å². The van der Waals surface area contributed by atoms with Gasteiger partial charge < -0.3 is 9.64 Å². The fourth-order valence-electron chi connectivity index (χ4n) is 2.42. The number of nitrogens with zero attached hydrogens (tertiary/aromatic N) is 2. The number of thioether (sulfide) groups is 1. The monoisotopic (exact) mass is 354 g/mol. The maximum atomic E-state index is 12.8. The van der Waals surface area contributed by atoms with Gasteiger partial charge in [0.25, 0.3) is 0 Å². The first kappa shape index (κ1) is 18.9. The quantitative estimate of drug-likeness (QED) is 0.694. The van der Waals surface area contributed by atoms with Gasteiger partial charge in [0, 0.05) is 11.4 Å². The van der Waals surface area contributed by atoms with Crippen LogP contribution in [0, 0.1) is 25.2 Å². The Morgan fingerprint density at radius 1 is 1.20 bits per heavy atom. The Morgan fingerprint density at radius 2 is 1.96 bits per heavy atom. The minimum Gasteiger partial charge on any atom is -0.495 e. The summed E-state index contributed by atoms with van der Waals surface area (Å²) in [5, 5.41) is 8.91. The molecular formula is C20H22N2O2S. The van der Waals surface area contributed by atoms with Crippen LogP contribution in [0.3, 0.4) is 0 Å². The number of methoxy groups -OCH3 is 1. The number of amides is 1. The highest BCUT2D eigenvalue weighted by atomic mass is 32.2. The van der Waals surface area contributed by atoms with Gasteiger partial charge in [-0.2, -0.15) is 5.26 Å². The Kier molecular flexibility index (Phi) is 6.91. The van der Waals surface area contributed by atoms with Crippen LogP contribution in [0.2, 0.25) is 0 Å². The Balaban J connectivity index is 2.15. The zero-order chi connectivity index (χ0) is 18.2. The van der Waals surface area contributed by atoms with E-state index in [1.54, 1.807) is 12.0 Å². The fourth-order valence-corrected chi connectivity index (χ4v) is 3.29. The molecule has 0 heterocycles. The molecule has 5 heteroatoms. The number of anilines is 1. The van der Waals surface area contributed by atoms with E-state index in [2.05, 4.69) is 32.0 Å². The molecule has 130 valence electrons. The molecule has 25 heavy (non-hydrogen) atoms. The number of aryl methyl sites for hydroxylation is 2. The van der Waals surface area contributed by atoms with Crippen molar-refractivity contribution in [2.45, 2.75) is 25.2 Å². The predicted molar refractivity (Wildman–Crippen MR) is 102 cm³/mol. The molecule has 0 aromatic heterocycles. The van der Waals surface area contributed by atoms with E-state index >= 15 is 0 Å². The molecule has 0 aliphatic rings. The average Bonchev–Trinajstić information content (AvgIpc) is 2.63. The molecule has 0 unspecified atom stereocenters. The number of ether oxygens (including phenoxy) is 1. The van der Waals surface area contributed by atoms with Crippen LogP contribution in [0.5, 0.6) is 5.75 Å². The number of carbonyl (C=O) groups is 1. The summed E-state index contributed by atoms with van der Waals surface area (Å²) < 4.78 is 5.36. The van der Waals surface area contributed by atoms with Crippen LogP contribution in [-0.2, 0) is 4.79 Å². The van der Waals surface area contributed by atoms with Gasteiger partial charge in [-0.1, -0.05) is 18.2 Å². The van der Waals surface area contributed by atoms with Crippen molar-refractivity contribution in [1.82, 2.24) is 0 Å². The number of nitriles is 1. The van der Waals surface area contributed by atoms with Crippen LogP contribution in [-0.4, -0.2) is 25.3 Å². The molecule has 0 saturated heterocycles. The van der Waals surface area contributed by atoms with Crippen LogP contribution in [0.4, 0.5) is 5.69 Å². The third-order valence-electron chi connectivity index (χ3n) is 3.96. The molecule has 0 N–H and O–H groups in total. The maximum Gasteiger partial charge on any atom is 0.237 e. The van der Waals surface area contributed by atoms with E-state index < -0.39 is 0 Å². The molecule has 0 spiro atoms. The van der Waals surface area contributed by atoms with E-state index in [0.717, 1.165) is 4.90 Å². The molecular weight excluding hydrogens is 332 g/mol. The van der Waals surface area contributed by atoms with Crippen LogP contribution >= 0.6 is 11.8 Å². The summed E-state index contributed by atoms with van der Waals surface area (Å²) in [6.45, 7) is 4.48. The number of benzene rings is 2. The minimum absolute atomic E-state index is 0.0389. The van der Waals surface area contributed by atoms with E-state index in [-0.39, 0.29) is 12.3 Å². The molecule has 0 aliphatic carbocycles.